The lowest BCUT2D eigenvalue weighted by Crippen LogP contribution is -2.46. The van der Waals surface area contributed by atoms with Gasteiger partial charge in [0.15, 0.2) is 0 Å². The summed E-state index contributed by atoms with van der Waals surface area (Å²) < 4.78 is 35.8. The van der Waals surface area contributed by atoms with E-state index in [1.807, 2.05) is 135 Å². The van der Waals surface area contributed by atoms with Crippen molar-refractivity contribution >= 4 is 33.5 Å². The van der Waals surface area contributed by atoms with E-state index in [-0.39, 0.29) is 10.8 Å². The van der Waals surface area contributed by atoms with E-state index in [9.17, 15) is 9.59 Å². The van der Waals surface area contributed by atoms with E-state index < -0.39 is 23.8 Å². The van der Waals surface area contributed by atoms with Crippen LogP contribution in [-0.4, -0.2) is 51.6 Å². The Balaban J connectivity index is 1.07. The van der Waals surface area contributed by atoms with Gasteiger partial charge < -0.3 is 28.4 Å². The Morgan fingerprint density at radius 1 is 0.534 bits per heavy atom. The van der Waals surface area contributed by atoms with Crippen molar-refractivity contribution in [2.24, 2.45) is 10.8 Å². The predicted molar refractivity (Wildman–Crippen MR) is 226 cm³/mol. The Labute approximate surface area is 340 Å². The minimum atomic E-state index is -0.571. The van der Waals surface area contributed by atoms with E-state index in [1.54, 1.807) is 0 Å². The SMILES string of the molecule is CCC1(COc2ccc(C(C)C(=O)Oc3ccc4ccccc4c3-c3c(OC(=O)C(C)c4ccc(OCC5(CC)COC5)cc4)ccc4ccccc34)cc2)COC1. The quantitative estimate of drug-likeness (QED) is 0.0752. The molecule has 2 atom stereocenters. The number of benzene rings is 6. The number of hydrogen-bond acceptors (Lipinski definition) is 8. The van der Waals surface area contributed by atoms with Crippen LogP contribution in [0.5, 0.6) is 23.0 Å². The first-order valence-electron chi connectivity index (χ1n) is 20.3. The zero-order chi connectivity index (χ0) is 40.3. The molecule has 8 rings (SSSR count). The highest BCUT2D eigenvalue weighted by atomic mass is 16.5. The van der Waals surface area contributed by atoms with Crippen molar-refractivity contribution in [3.05, 3.63) is 132 Å². The summed E-state index contributed by atoms with van der Waals surface area (Å²) in [6.45, 7) is 12.0. The number of carbonyl (C=O) groups is 2. The van der Waals surface area contributed by atoms with Crippen molar-refractivity contribution in [1.29, 1.82) is 0 Å². The molecule has 2 saturated heterocycles. The first-order chi connectivity index (χ1) is 28.2. The van der Waals surface area contributed by atoms with E-state index in [2.05, 4.69) is 13.8 Å². The highest BCUT2D eigenvalue weighted by molar-refractivity contribution is 6.10. The van der Waals surface area contributed by atoms with Crippen molar-refractivity contribution < 1.29 is 38.0 Å². The molecule has 0 spiro atoms. The molecule has 8 heteroatoms. The summed E-state index contributed by atoms with van der Waals surface area (Å²) in [4.78, 5) is 28.0. The first-order valence-corrected chi connectivity index (χ1v) is 20.3. The second-order valence-corrected chi connectivity index (χ2v) is 16.0. The number of esters is 2. The van der Waals surface area contributed by atoms with Crippen LogP contribution in [0, 0.1) is 10.8 Å². The van der Waals surface area contributed by atoms with Crippen LogP contribution in [0.15, 0.2) is 121 Å². The lowest BCUT2D eigenvalue weighted by Gasteiger charge is -2.40. The normalized spacial score (nSPS) is 16.4. The summed E-state index contributed by atoms with van der Waals surface area (Å²) in [5.41, 5.74) is 3.09. The van der Waals surface area contributed by atoms with Gasteiger partial charge >= 0.3 is 11.9 Å². The molecule has 0 bridgehead atoms. The zero-order valence-electron chi connectivity index (χ0n) is 33.6. The molecule has 0 radical (unpaired) electrons. The van der Waals surface area contributed by atoms with Gasteiger partial charge in [0, 0.05) is 11.1 Å². The number of ether oxygens (including phenoxy) is 6. The lowest BCUT2D eigenvalue weighted by atomic mass is 9.84. The van der Waals surface area contributed by atoms with E-state index in [1.165, 1.54) is 0 Å². The molecule has 298 valence electrons. The summed E-state index contributed by atoms with van der Waals surface area (Å²) in [7, 11) is 0. The number of carbonyl (C=O) groups excluding carboxylic acids is 2. The Bertz CT molecular complexity index is 2230. The molecule has 0 aliphatic carbocycles. The number of fused-ring (bicyclic) bond motifs is 2. The van der Waals surface area contributed by atoms with Crippen LogP contribution in [0.3, 0.4) is 0 Å². The molecule has 0 N–H and O–H groups in total. The van der Waals surface area contributed by atoms with E-state index in [0.29, 0.717) is 62.3 Å². The highest BCUT2D eigenvalue weighted by Crippen LogP contribution is 2.46. The van der Waals surface area contributed by atoms with Crippen molar-refractivity contribution in [2.75, 3.05) is 39.6 Å². The molecule has 0 saturated carbocycles. The third kappa shape index (κ3) is 7.91. The molecular formula is C50H50O8. The summed E-state index contributed by atoms with van der Waals surface area (Å²) in [6.07, 6.45) is 1.99. The van der Waals surface area contributed by atoms with Crippen molar-refractivity contribution in [1.82, 2.24) is 0 Å². The van der Waals surface area contributed by atoms with Gasteiger partial charge in [-0.1, -0.05) is 98.8 Å². The summed E-state index contributed by atoms with van der Waals surface area (Å²) >= 11 is 0. The fraction of sp³-hybridized carbons (Fsp3) is 0.320. The van der Waals surface area contributed by atoms with Crippen LogP contribution in [0.4, 0.5) is 0 Å². The average molecular weight is 779 g/mol. The average Bonchev–Trinajstić information content (AvgIpc) is 3.23. The summed E-state index contributed by atoms with van der Waals surface area (Å²) in [5.74, 6) is 0.284. The molecule has 58 heavy (non-hydrogen) atoms. The minimum absolute atomic E-state index is 0.0691. The fourth-order valence-corrected chi connectivity index (χ4v) is 7.59. The van der Waals surface area contributed by atoms with E-state index in [0.717, 1.165) is 57.0 Å². The maximum Gasteiger partial charge on any atom is 0.318 e. The van der Waals surface area contributed by atoms with Gasteiger partial charge in [0.2, 0.25) is 0 Å². The van der Waals surface area contributed by atoms with Crippen LogP contribution in [0.1, 0.15) is 63.5 Å². The standard InChI is InChI=1S/C50H50O8/c1-5-49(27-53-28-49)31-55-39-21-15-35(16-22-39)33(3)47(51)57-43-25-19-37-11-7-9-13-41(37)45(43)46-42-14-10-8-12-38(42)20-26-44(46)58-48(52)34(4)36-17-23-40(24-18-36)56-32-50(6-2)29-54-30-50/h7-26,33-34H,5-6,27-32H2,1-4H3. The Morgan fingerprint density at radius 3 is 1.26 bits per heavy atom. The molecule has 0 amide bonds. The largest absolute Gasteiger partial charge is 0.493 e. The van der Waals surface area contributed by atoms with Gasteiger partial charge in [-0.25, -0.2) is 0 Å². The molecule has 6 aromatic carbocycles. The van der Waals surface area contributed by atoms with Gasteiger partial charge in [-0.2, -0.15) is 0 Å². The topological polar surface area (TPSA) is 89.5 Å². The van der Waals surface area contributed by atoms with Crippen LogP contribution >= 0.6 is 0 Å². The highest BCUT2D eigenvalue weighted by Gasteiger charge is 2.38. The van der Waals surface area contributed by atoms with Gasteiger partial charge in [-0.15, -0.1) is 0 Å². The van der Waals surface area contributed by atoms with E-state index in [4.69, 9.17) is 28.4 Å². The molecule has 6 aromatic rings. The third-order valence-corrected chi connectivity index (χ3v) is 12.1. The predicted octanol–water partition coefficient (Wildman–Crippen LogP) is 10.7. The maximum atomic E-state index is 14.0. The smallest absolute Gasteiger partial charge is 0.318 e. The fourth-order valence-electron chi connectivity index (χ4n) is 7.59. The molecule has 2 aliphatic heterocycles. The van der Waals surface area contributed by atoms with Crippen molar-refractivity contribution in [2.45, 2.75) is 52.4 Å². The number of rotatable bonds is 15. The third-order valence-electron chi connectivity index (χ3n) is 12.1. The van der Waals surface area contributed by atoms with Gasteiger partial charge in [0.25, 0.3) is 0 Å². The van der Waals surface area contributed by atoms with Gasteiger partial charge in [0.05, 0.1) is 62.3 Å². The minimum Gasteiger partial charge on any atom is -0.493 e. The van der Waals surface area contributed by atoms with Gasteiger partial charge in [-0.3, -0.25) is 9.59 Å². The monoisotopic (exact) mass is 778 g/mol. The Kier molecular flexibility index (Phi) is 11.2. The molecule has 2 unspecified atom stereocenters. The summed E-state index contributed by atoms with van der Waals surface area (Å²) in [5, 5.41) is 3.63. The molecule has 2 fully saturated rings. The summed E-state index contributed by atoms with van der Waals surface area (Å²) in [6, 6.07) is 38.7. The molecule has 2 aliphatic rings. The van der Waals surface area contributed by atoms with Crippen molar-refractivity contribution in [3.8, 4) is 34.1 Å². The second-order valence-electron chi connectivity index (χ2n) is 16.0. The van der Waals surface area contributed by atoms with Gasteiger partial charge in [-0.05, 0) is 95.8 Å². The lowest BCUT2D eigenvalue weighted by molar-refractivity contribution is -0.136. The number of hydrogen-bond donors (Lipinski definition) is 0. The van der Waals surface area contributed by atoms with E-state index >= 15 is 0 Å². The van der Waals surface area contributed by atoms with Crippen LogP contribution in [0.25, 0.3) is 32.7 Å². The Hall–Kier alpha value is -5.70. The first kappa shape index (κ1) is 39.1. The maximum absolute atomic E-state index is 14.0. The molecule has 2 heterocycles. The molecule has 8 nitrogen and oxygen atoms in total. The van der Waals surface area contributed by atoms with Crippen LogP contribution < -0.4 is 18.9 Å². The second kappa shape index (κ2) is 16.6. The molecular weight excluding hydrogens is 729 g/mol. The van der Waals surface area contributed by atoms with Crippen LogP contribution in [-0.2, 0) is 19.1 Å². The van der Waals surface area contributed by atoms with Crippen molar-refractivity contribution in [3.63, 3.8) is 0 Å². The Morgan fingerprint density at radius 2 is 0.914 bits per heavy atom. The zero-order valence-corrected chi connectivity index (χ0v) is 33.6. The van der Waals surface area contributed by atoms with Crippen LogP contribution in [0.2, 0.25) is 0 Å². The van der Waals surface area contributed by atoms with Gasteiger partial charge in [0.1, 0.15) is 23.0 Å². The molecule has 0 aromatic heterocycles.